The van der Waals surface area contributed by atoms with Gasteiger partial charge in [0, 0.05) is 19.3 Å². The normalized spacial score (nSPS) is 12.7. The van der Waals surface area contributed by atoms with E-state index in [0.29, 0.717) is 19.3 Å². The van der Waals surface area contributed by atoms with Gasteiger partial charge in [-0.1, -0.05) is 171 Å². The Morgan fingerprint density at radius 3 is 1.26 bits per heavy atom. The molecule has 0 saturated carbocycles. The molecule has 6 nitrogen and oxygen atoms in total. The van der Waals surface area contributed by atoms with Gasteiger partial charge in [-0.15, -0.1) is 0 Å². The topological polar surface area (TPSA) is 78.9 Å². The van der Waals surface area contributed by atoms with E-state index in [2.05, 4.69) is 93.7 Å². The van der Waals surface area contributed by atoms with E-state index < -0.39 is 6.10 Å². The Balaban J connectivity index is 4.48. The minimum absolute atomic E-state index is 0.104. The lowest BCUT2D eigenvalue weighted by Gasteiger charge is -2.18. The molecule has 0 bridgehead atoms. The van der Waals surface area contributed by atoms with Crippen LogP contribution in [0, 0.1) is 0 Å². The summed E-state index contributed by atoms with van der Waals surface area (Å²) in [5.41, 5.74) is 0. The molecular weight excluding hydrogens is 721 g/mol. The second-order valence-electron chi connectivity index (χ2n) is 15.7. The maximum absolute atomic E-state index is 12.7. The summed E-state index contributed by atoms with van der Waals surface area (Å²) in [5, 5.41) is 0. The molecule has 0 fully saturated rings. The average Bonchev–Trinajstić information content (AvgIpc) is 3.22. The first kappa shape index (κ1) is 54.9. The van der Waals surface area contributed by atoms with E-state index in [-0.39, 0.29) is 37.5 Å². The van der Waals surface area contributed by atoms with Gasteiger partial charge in [0.2, 0.25) is 0 Å². The van der Waals surface area contributed by atoms with E-state index in [1.165, 1.54) is 77.0 Å². The third-order valence-electron chi connectivity index (χ3n) is 9.94. The van der Waals surface area contributed by atoms with E-state index in [4.69, 9.17) is 14.2 Å². The average molecular weight is 809 g/mol. The van der Waals surface area contributed by atoms with Crippen molar-refractivity contribution in [3.8, 4) is 0 Å². The molecule has 1 unspecified atom stereocenters. The van der Waals surface area contributed by atoms with Crippen LogP contribution < -0.4 is 0 Å². The Kier molecular flexibility index (Phi) is 44.0. The second-order valence-corrected chi connectivity index (χ2v) is 15.7. The fourth-order valence-corrected chi connectivity index (χ4v) is 6.32. The molecule has 6 heteroatoms. The fraction of sp³-hybridized carbons (Fsp3) is 0.712. The summed E-state index contributed by atoms with van der Waals surface area (Å²) in [7, 11) is 0. The Labute approximate surface area is 357 Å². The van der Waals surface area contributed by atoms with Crippen LogP contribution in [0.1, 0.15) is 220 Å². The first-order chi connectivity index (χ1) is 28.5. The Morgan fingerprint density at radius 2 is 0.724 bits per heavy atom. The van der Waals surface area contributed by atoms with Crippen molar-refractivity contribution in [3.63, 3.8) is 0 Å². The zero-order valence-corrected chi connectivity index (χ0v) is 37.8. The molecular formula is C52H88O6. The van der Waals surface area contributed by atoms with Crippen molar-refractivity contribution in [3.05, 3.63) is 72.9 Å². The van der Waals surface area contributed by atoms with Gasteiger partial charge in [0.15, 0.2) is 6.10 Å². The highest BCUT2D eigenvalue weighted by atomic mass is 16.6. The summed E-state index contributed by atoms with van der Waals surface area (Å²) in [6, 6.07) is 0. The molecule has 0 aromatic carbocycles. The van der Waals surface area contributed by atoms with E-state index >= 15 is 0 Å². The first-order valence-electron chi connectivity index (χ1n) is 24.0. The van der Waals surface area contributed by atoms with Crippen molar-refractivity contribution in [1.82, 2.24) is 0 Å². The predicted molar refractivity (Wildman–Crippen MR) is 247 cm³/mol. The Hall–Kier alpha value is -3.15. The standard InChI is InChI=1S/C52H88O6/c1-4-7-10-13-16-19-22-25-26-27-28-31-33-36-39-42-45-51(54)57-48-49(58-52(55)46-43-40-37-34-30-24-21-18-15-12-9-6-3)47-56-50(53)44-41-38-35-32-29-23-20-17-14-11-8-5-2/h9,12,17-18,20-21,26-28,30-31,34,49H,4-8,10-11,13-16,19,22-25,29,32-33,35-48H2,1-3H3/b12-9-,20-17-,21-18-,27-26-,31-28-,34-30-. The van der Waals surface area contributed by atoms with E-state index in [1.54, 1.807) is 0 Å². The summed E-state index contributed by atoms with van der Waals surface area (Å²) < 4.78 is 16.7. The van der Waals surface area contributed by atoms with Crippen LogP contribution in [0.4, 0.5) is 0 Å². The largest absolute Gasteiger partial charge is 0.462 e. The lowest BCUT2D eigenvalue weighted by molar-refractivity contribution is -0.167. The number of unbranched alkanes of at least 4 members (excludes halogenated alkanes) is 20. The third kappa shape index (κ3) is 44.0. The maximum atomic E-state index is 12.7. The van der Waals surface area contributed by atoms with Crippen LogP contribution in [0.15, 0.2) is 72.9 Å². The number of hydrogen-bond acceptors (Lipinski definition) is 6. The van der Waals surface area contributed by atoms with Crippen LogP contribution in [-0.4, -0.2) is 37.2 Å². The summed E-state index contributed by atoms with van der Waals surface area (Å²) in [6.45, 7) is 6.41. The number of allylic oxidation sites excluding steroid dienone is 12. The van der Waals surface area contributed by atoms with Crippen LogP contribution >= 0.6 is 0 Å². The Bertz CT molecular complexity index is 1110. The van der Waals surface area contributed by atoms with Gasteiger partial charge in [-0.2, -0.15) is 0 Å². The summed E-state index contributed by atoms with van der Waals surface area (Å²) in [5.74, 6) is -0.984. The minimum atomic E-state index is -0.807. The molecule has 0 aliphatic rings. The van der Waals surface area contributed by atoms with Crippen LogP contribution in [0.25, 0.3) is 0 Å². The van der Waals surface area contributed by atoms with Crippen molar-refractivity contribution in [1.29, 1.82) is 0 Å². The summed E-state index contributed by atoms with van der Waals surface area (Å²) in [6.07, 6.45) is 57.5. The smallest absolute Gasteiger partial charge is 0.306 e. The summed E-state index contributed by atoms with van der Waals surface area (Å²) in [4.78, 5) is 37.8. The molecule has 0 N–H and O–H groups in total. The molecule has 0 radical (unpaired) electrons. The van der Waals surface area contributed by atoms with Crippen molar-refractivity contribution in [2.45, 2.75) is 226 Å². The van der Waals surface area contributed by atoms with E-state index in [0.717, 1.165) is 96.3 Å². The number of rotatable bonds is 42. The van der Waals surface area contributed by atoms with Crippen LogP contribution in [0.5, 0.6) is 0 Å². The van der Waals surface area contributed by atoms with Gasteiger partial charge in [0.1, 0.15) is 13.2 Å². The Morgan fingerprint density at radius 1 is 0.379 bits per heavy atom. The molecule has 58 heavy (non-hydrogen) atoms. The molecule has 0 amide bonds. The quantitative estimate of drug-likeness (QED) is 0.0201. The zero-order valence-electron chi connectivity index (χ0n) is 37.8. The van der Waals surface area contributed by atoms with Crippen LogP contribution in [0.2, 0.25) is 0 Å². The molecule has 0 heterocycles. The van der Waals surface area contributed by atoms with Crippen molar-refractivity contribution < 1.29 is 28.6 Å². The summed E-state index contributed by atoms with van der Waals surface area (Å²) >= 11 is 0. The molecule has 0 aromatic rings. The molecule has 0 spiro atoms. The maximum Gasteiger partial charge on any atom is 0.306 e. The molecule has 0 aliphatic heterocycles. The van der Waals surface area contributed by atoms with Gasteiger partial charge in [0.05, 0.1) is 0 Å². The fourth-order valence-electron chi connectivity index (χ4n) is 6.32. The van der Waals surface area contributed by atoms with Gasteiger partial charge in [-0.3, -0.25) is 14.4 Å². The van der Waals surface area contributed by atoms with E-state index in [9.17, 15) is 14.4 Å². The van der Waals surface area contributed by atoms with Crippen molar-refractivity contribution in [2.75, 3.05) is 13.2 Å². The molecule has 0 saturated heterocycles. The number of ether oxygens (including phenoxy) is 3. The highest BCUT2D eigenvalue weighted by Gasteiger charge is 2.19. The lowest BCUT2D eigenvalue weighted by Crippen LogP contribution is -2.30. The van der Waals surface area contributed by atoms with Crippen LogP contribution in [-0.2, 0) is 28.6 Å². The van der Waals surface area contributed by atoms with E-state index in [1.807, 2.05) is 0 Å². The first-order valence-corrected chi connectivity index (χ1v) is 24.0. The molecule has 0 aliphatic carbocycles. The SMILES string of the molecule is CC/C=C\C/C=C\C/C=C\CCCCC(=O)OC(COC(=O)CCCCC/C=C\C=C/CCCCCCCCC)COC(=O)CCCCCCC/C=C\CCCCC. The highest BCUT2D eigenvalue weighted by molar-refractivity contribution is 5.71. The number of carbonyl (C=O) groups excluding carboxylic acids is 3. The zero-order chi connectivity index (χ0) is 42.3. The van der Waals surface area contributed by atoms with Gasteiger partial charge in [-0.25, -0.2) is 0 Å². The molecule has 1 atom stereocenters. The van der Waals surface area contributed by atoms with Crippen molar-refractivity contribution >= 4 is 17.9 Å². The third-order valence-corrected chi connectivity index (χ3v) is 9.94. The minimum Gasteiger partial charge on any atom is -0.462 e. The van der Waals surface area contributed by atoms with Gasteiger partial charge >= 0.3 is 17.9 Å². The number of hydrogen-bond donors (Lipinski definition) is 0. The van der Waals surface area contributed by atoms with Crippen LogP contribution in [0.3, 0.4) is 0 Å². The van der Waals surface area contributed by atoms with Gasteiger partial charge in [-0.05, 0) is 103 Å². The molecule has 0 aromatic heterocycles. The highest BCUT2D eigenvalue weighted by Crippen LogP contribution is 2.12. The predicted octanol–water partition coefficient (Wildman–Crippen LogP) is 15.5. The second kappa shape index (κ2) is 46.5. The lowest BCUT2D eigenvalue weighted by atomic mass is 10.1. The number of esters is 3. The number of carbonyl (C=O) groups is 3. The van der Waals surface area contributed by atoms with Gasteiger partial charge in [0.25, 0.3) is 0 Å². The van der Waals surface area contributed by atoms with Gasteiger partial charge < -0.3 is 14.2 Å². The monoisotopic (exact) mass is 809 g/mol. The molecule has 332 valence electrons. The molecule has 0 rings (SSSR count). The van der Waals surface area contributed by atoms with Crippen molar-refractivity contribution in [2.24, 2.45) is 0 Å².